The van der Waals surface area contributed by atoms with Crippen molar-refractivity contribution < 1.29 is 14.7 Å². The lowest BCUT2D eigenvalue weighted by Crippen LogP contribution is -2.44. The van der Waals surface area contributed by atoms with Crippen molar-refractivity contribution in [3.8, 4) is 0 Å². The molecule has 1 saturated carbocycles. The van der Waals surface area contributed by atoms with Gasteiger partial charge in [0.15, 0.2) is 0 Å². The zero-order valence-electron chi connectivity index (χ0n) is 9.25. The van der Waals surface area contributed by atoms with Gasteiger partial charge in [0, 0.05) is 13.1 Å². The smallest absolute Gasteiger partial charge is 0.323 e. The molecular weight excluding hydrogens is 196 g/mol. The van der Waals surface area contributed by atoms with E-state index in [2.05, 4.69) is 12.2 Å². The third-order valence-corrected chi connectivity index (χ3v) is 2.76. The zero-order chi connectivity index (χ0) is 11.5. The minimum absolute atomic E-state index is 0.237. The van der Waals surface area contributed by atoms with Gasteiger partial charge in [-0.05, 0) is 25.2 Å². The third-order valence-electron chi connectivity index (χ3n) is 2.76. The van der Waals surface area contributed by atoms with Crippen molar-refractivity contribution in [2.45, 2.75) is 26.7 Å². The number of rotatable bonds is 5. The number of urea groups is 1. The average molecular weight is 214 g/mol. The summed E-state index contributed by atoms with van der Waals surface area (Å²) in [5.74, 6) is -0.982. The highest BCUT2D eigenvalue weighted by Gasteiger charge is 2.37. The van der Waals surface area contributed by atoms with E-state index in [1.807, 2.05) is 0 Å². The van der Waals surface area contributed by atoms with Crippen LogP contribution in [0.5, 0.6) is 0 Å². The van der Waals surface area contributed by atoms with Crippen molar-refractivity contribution in [2.24, 2.45) is 5.41 Å². The molecule has 0 radical (unpaired) electrons. The van der Waals surface area contributed by atoms with Crippen LogP contribution in [-0.2, 0) is 4.79 Å². The number of nitrogens with one attached hydrogen (secondary N) is 1. The van der Waals surface area contributed by atoms with Gasteiger partial charge in [0.25, 0.3) is 0 Å². The highest BCUT2D eigenvalue weighted by Crippen LogP contribution is 2.43. The number of carboxylic acid groups (broad SMARTS) is 1. The average Bonchev–Trinajstić information content (AvgIpc) is 2.90. The molecule has 1 rings (SSSR count). The maximum absolute atomic E-state index is 11.5. The number of carbonyl (C=O) groups is 2. The van der Waals surface area contributed by atoms with Crippen LogP contribution in [-0.4, -0.2) is 41.6 Å². The molecule has 0 bridgehead atoms. The number of hydrogen-bond acceptors (Lipinski definition) is 2. The summed E-state index contributed by atoms with van der Waals surface area (Å²) in [5.41, 5.74) is 0.248. The van der Waals surface area contributed by atoms with Crippen LogP contribution in [0, 0.1) is 5.41 Å². The SMILES string of the molecule is CCN(CC(=O)O)C(=O)NCC1(C)CC1. The molecule has 1 aliphatic rings. The summed E-state index contributed by atoms with van der Waals surface area (Å²) >= 11 is 0. The van der Waals surface area contributed by atoms with Crippen molar-refractivity contribution in [3.05, 3.63) is 0 Å². The van der Waals surface area contributed by atoms with Gasteiger partial charge >= 0.3 is 12.0 Å². The second-order valence-corrected chi connectivity index (χ2v) is 4.38. The predicted octanol–water partition coefficient (Wildman–Crippen LogP) is 0.903. The molecular formula is C10H18N2O3. The van der Waals surface area contributed by atoms with E-state index in [1.165, 1.54) is 4.90 Å². The first-order chi connectivity index (χ1) is 6.97. The van der Waals surface area contributed by atoms with Gasteiger partial charge in [-0.3, -0.25) is 4.79 Å². The van der Waals surface area contributed by atoms with Crippen LogP contribution in [0.2, 0.25) is 0 Å². The fraction of sp³-hybridized carbons (Fsp3) is 0.800. The monoisotopic (exact) mass is 214 g/mol. The Balaban J connectivity index is 2.32. The van der Waals surface area contributed by atoms with E-state index in [9.17, 15) is 9.59 Å². The van der Waals surface area contributed by atoms with E-state index in [4.69, 9.17) is 5.11 Å². The van der Waals surface area contributed by atoms with Gasteiger partial charge in [0.2, 0.25) is 0 Å². The summed E-state index contributed by atoms with van der Waals surface area (Å²) in [6.07, 6.45) is 2.27. The maximum atomic E-state index is 11.5. The molecule has 0 saturated heterocycles. The van der Waals surface area contributed by atoms with Crippen LogP contribution in [0.3, 0.4) is 0 Å². The second kappa shape index (κ2) is 4.51. The fourth-order valence-corrected chi connectivity index (χ4v) is 1.28. The minimum atomic E-state index is -0.982. The van der Waals surface area contributed by atoms with E-state index >= 15 is 0 Å². The zero-order valence-corrected chi connectivity index (χ0v) is 9.25. The number of aliphatic carboxylic acids is 1. The largest absolute Gasteiger partial charge is 0.480 e. The Hall–Kier alpha value is -1.26. The quantitative estimate of drug-likeness (QED) is 0.714. The number of likely N-dealkylation sites (N-methyl/N-ethyl adjacent to an activating group) is 1. The summed E-state index contributed by atoms with van der Waals surface area (Å²) in [4.78, 5) is 23.3. The van der Waals surface area contributed by atoms with Crippen LogP contribution in [0.25, 0.3) is 0 Å². The predicted molar refractivity (Wildman–Crippen MR) is 55.6 cm³/mol. The molecule has 2 amide bonds. The molecule has 0 spiro atoms. The lowest BCUT2D eigenvalue weighted by atomic mass is 10.1. The van der Waals surface area contributed by atoms with Crippen molar-refractivity contribution in [3.63, 3.8) is 0 Å². The van der Waals surface area contributed by atoms with Crippen LogP contribution >= 0.6 is 0 Å². The van der Waals surface area contributed by atoms with E-state index in [-0.39, 0.29) is 18.0 Å². The molecule has 5 nitrogen and oxygen atoms in total. The minimum Gasteiger partial charge on any atom is -0.480 e. The van der Waals surface area contributed by atoms with E-state index in [0.717, 1.165) is 12.8 Å². The Morgan fingerprint density at radius 2 is 2.07 bits per heavy atom. The summed E-state index contributed by atoms with van der Waals surface area (Å²) in [6, 6.07) is -0.284. The van der Waals surface area contributed by atoms with Gasteiger partial charge in [-0.25, -0.2) is 4.79 Å². The Bertz CT molecular complexity index is 261. The molecule has 0 atom stereocenters. The first-order valence-electron chi connectivity index (χ1n) is 5.21. The lowest BCUT2D eigenvalue weighted by molar-refractivity contribution is -0.137. The molecule has 0 unspecified atom stereocenters. The van der Waals surface area contributed by atoms with Crippen molar-refractivity contribution in [1.29, 1.82) is 0 Å². The molecule has 1 fully saturated rings. The standard InChI is InChI=1S/C10H18N2O3/c1-3-12(6-8(13)14)9(15)11-7-10(2)4-5-10/h3-7H2,1-2H3,(H,11,15)(H,13,14). The summed E-state index contributed by atoms with van der Waals surface area (Å²) < 4.78 is 0. The molecule has 15 heavy (non-hydrogen) atoms. The Labute approximate surface area is 89.4 Å². The number of carbonyl (C=O) groups excluding carboxylic acids is 1. The second-order valence-electron chi connectivity index (χ2n) is 4.38. The normalized spacial score (nSPS) is 16.9. The number of nitrogens with zero attached hydrogens (tertiary/aromatic N) is 1. The number of hydrogen-bond donors (Lipinski definition) is 2. The lowest BCUT2D eigenvalue weighted by Gasteiger charge is -2.20. The first kappa shape index (κ1) is 11.8. The topological polar surface area (TPSA) is 69.6 Å². The van der Waals surface area contributed by atoms with E-state index in [0.29, 0.717) is 13.1 Å². The van der Waals surface area contributed by atoms with Gasteiger partial charge < -0.3 is 15.3 Å². The van der Waals surface area contributed by atoms with Crippen LogP contribution in [0.1, 0.15) is 26.7 Å². The van der Waals surface area contributed by atoms with Gasteiger partial charge in [0.1, 0.15) is 6.54 Å². The molecule has 0 aromatic rings. The summed E-state index contributed by atoms with van der Waals surface area (Å²) in [5, 5.41) is 11.3. The van der Waals surface area contributed by atoms with Crippen molar-refractivity contribution in [2.75, 3.05) is 19.6 Å². The molecule has 0 aliphatic heterocycles. The molecule has 0 aromatic heterocycles. The van der Waals surface area contributed by atoms with Gasteiger partial charge in [0.05, 0.1) is 0 Å². The maximum Gasteiger partial charge on any atom is 0.323 e. The van der Waals surface area contributed by atoms with Crippen LogP contribution in [0.4, 0.5) is 4.79 Å². The first-order valence-corrected chi connectivity index (χ1v) is 5.21. The summed E-state index contributed by atoms with van der Waals surface area (Å²) in [6.45, 7) is 4.69. The van der Waals surface area contributed by atoms with Crippen LogP contribution < -0.4 is 5.32 Å². The number of amides is 2. The third kappa shape index (κ3) is 3.77. The Kier molecular flexibility index (Phi) is 3.55. The molecule has 86 valence electrons. The van der Waals surface area contributed by atoms with Gasteiger partial charge in [-0.1, -0.05) is 6.92 Å². The molecule has 0 aromatic carbocycles. The number of carboxylic acids is 1. The molecule has 5 heteroatoms. The Morgan fingerprint density at radius 3 is 2.47 bits per heavy atom. The van der Waals surface area contributed by atoms with Crippen molar-refractivity contribution >= 4 is 12.0 Å². The van der Waals surface area contributed by atoms with Gasteiger partial charge in [-0.15, -0.1) is 0 Å². The fourth-order valence-electron chi connectivity index (χ4n) is 1.28. The molecule has 0 heterocycles. The summed E-state index contributed by atoms with van der Waals surface area (Å²) in [7, 11) is 0. The van der Waals surface area contributed by atoms with Crippen molar-refractivity contribution in [1.82, 2.24) is 10.2 Å². The van der Waals surface area contributed by atoms with E-state index in [1.54, 1.807) is 6.92 Å². The Morgan fingerprint density at radius 1 is 1.47 bits per heavy atom. The highest BCUT2D eigenvalue weighted by atomic mass is 16.4. The highest BCUT2D eigenvalue weighted by molar-refractivity contribution is 5.80. The van der Waals surface area contributed by atoms with Gasteiger partial charge in [-0.2, -0.15) is 0 Å². The van der Waals surface area contributed by atoms with Crippen LogP contribution in [0.15, 0.2) is 0 Å². The molecule has 1 aliphatic carbocycles. The van der Waals surface area contributed by atoms with E-state index < -0.39 is 5.97 Å². The molecule has 2 N–H and O–H groups in total.